The topological polar surface area (TPSA) is 67.4 Å². The van der Waals surface area contributed by atoms with Crippen molar-refractivity contribution in [1.29, 1.82) is 0 Å². The van der Waals surface area contributed by atoms with Crippen LogP contribution in [0.1, 0.15) is 17.5 Å². The fourth-order valence-corrected chi connectivity index (χ4v) is 2.05. The third-order valence-electron chi connectivity index (χ3n) is 3.48. The zero-order valence-corrected chi connectivity index (χ0v) is 14.4. The van der Waals surface area contributed by atoms with E-state index in [1.54, 1.807) is 31.3 Å². The van der Waals surface area contributed by atoms with Gasteiger partial charge in [-0.15, -0.1) is 0 Å². The number of aryl methyl sites for hydroxylation is 1. The lowest BCUT2D eigenvalue weighted by Gasteiger charge is -2.07. The van der Waals surface area contributed by atoms with Crippen LogP contribution in [-0.4, -0.2) is 25.5 Å². The Kier molecular flexibility index (Phi) is 6.77. The summed E-state index contributed by atoms with van der Waals surface area (Å²) in [5.41, 5.74) is 2.95. The average Bonchev–Trinajstić information content (AvgIpc) is 2.62. The van der Waals surface area contributed by atoms with E-state index in [0.717, 1.165) is 5.56 Å². The van der Waals surface area contributed by atoms with Crippen molar-refractivity contribution in [3.8, 4) is 5.75 Å². The predicted molar refractivity (Wildman–Crippen MR) is 99.5 cm³/mol. The minimum Gasteiger partial charge on any atom is -0.484 e. The first-order valence-corrected chi connectivity index (χ1v) is 8.03. The Hall–Kier alpha value is -3.08. The van der Waals surface area contributed by atoms with Crippen molar-refractivity contribution in [2.24, 2.45) is 0 Å². The molecular weight excluding hydrogens is 316 g/mol. The van der Waals surface area contributed by atoms with Gasteiger partial charge in [0.1, 0.15) is 5.75 Å². The Morgan fingerprint density at radius 2 is 1.68 bits per heavy atom. The molecule has 0 atom stereocenters. The summed E-state index contributed by atoms with van der Waals surface area (Å²) in [6, 6.07) is 15.0. The third-order valence-corrected chi connectivity index (χ3v) is 3.48. The molecule has 5 heteroatoms. The summed E-state index contributed by atoms with van der Waals surface area (Å²) in [4.78, 5) is 23.1. The van der Waals surface area contributed by atoms with Gasteiger partial charge < -0.3 is 15.4 Å². The number of benzene rings is 2. The number of amides is 2. The number of hydrogen-bond donors (Lipinski definition) is 2. The number of nitrogens with one attached hydrogen (secondary N) is 2. The molecule has 2 aromatic carbocycles. The summed E-state index contributed by atoms with van der Waals surface area (Å²) in [5.74, 6) is 0.279. The van der Waals surface area contributed by atoms with Crippen molar-refractivity contribution in [3.05, 3.63) is 65.7 Å². The Morgan fingerprint density at radius 1 is 1.00 bits per heavy atom. The zero-order chi connectivity index (χ0) is 18.1. The molecule has 0 bridgehead atoms. The van der Waals surface area contributed by atoms with Gasteiger partial charge in [-0.3, -0.25) is 9.59 Å². The van der Waals surface area contributed by atoms with Gasteiger partial charge in [0.2, 0.25) is 5.91 Å². The fraction of sp³-hybridized carbons (Fsp3) is 0.200. The maximum atomic E-state index is 11.9. The van der Waals surface area contributed by atoms with E-state index >= 15 is 0 Å². The molecule has 0 unspecified atom stereocenters. The van der Waals surface area contributed by atoms with Crippen molar-refractivity contribution in [2.75, 3.05) is 19.0 Å². The first kappa shape index (κ1) is 18.3. The lowest BCUT2D eigenvalue weighted by molar-refractivity contribution is -0.122. The van der Waals surface area contributed by atoms with Gasteiger partial charge in [0.15, 0.2) is 6.61 Å². The maximum Gasteiger partial charge on any atom is 0.257 e. The van der Waals surface area contributed by atoms with E-state index in [-0.39, 0.29) is 18.4 Å². The van der Waals surface area contributed by atoms with Crippen LogP contribution in [-0.2, 0) is 9.59 Å². The lowest BCUT2D eigenvalue weighted by atomic mass is 10.1. The zero-order valence-electron chi connectivity index (χ0n) is 14.4. The van der Waals surface area contributed by atoms with Crippen LogP contribution in [0.2, 0.25) is 0 Å². The highest BCUT2D eigenvalue weighted by Crippen LogP contribution is 2.16. The van der Waals surface area contributed by atoms with Gasteiger partial charge in [-0.25, -0.2) is 0 Å². The monoisotopic (exact) mass is 338 g/mol. The predicted octanol–water partition coefficient (Wildman–Crippen LogP) is 3.16. The van der Waals surface area contributed by atoms with Crippen LogP contribution in [0.4, 0.5) is 5.69 Å². The summed E-state index contributed by atoms with van der Waals surface area (Å²) >= 11 is 0. The molecule has 0 aliphatic heterocycles. The number of likely N-dealkylation sites (N-methyl/N-ethyl adjacent to an activating group) is 1. The highest BCUT2D eigenvalue weighted by atomic mass is 16.5. The minimum atomic E-state index is -0.197. The number of anilines is 1. The van der Waals surface area contributed by atoms with Crippen LogP contribution < -0.4 is 15.4 Å². The fourth-order valence-electron chi connectivity index (χ4n) is 2.05. The van der Waals surface area contributed by atoms with Crippen LogP contribution in [0.15, 0.2) is 54.6 Å². The molecule has 0 fully saturated rings. The SMILES string of the molecule is CNC(=O)COc1ccc(NC(=O)CC=Cc2ccc(C)cc2)cc1. The Morgan fingerprint density at radius 3 is 2.32 bits per heavy atom. The number of rotatable bonds is 7. The van der Waals surface area contributed by atoms with E-state index in [1.165, 1.54) is 5.56 Å². The quantitative estimate of drug-likeness (QED) is 0.815. The summed E-state index contributed by atoms with van der Waals surface area (Å²) in [5, 5.41) is 5.29. The molecule has 25 heavy (non-hydrogen) atoms. The van der Waals surface area contributed by atoms with Crippen molar-refractivity contribution in [3.63, 3.8) is 0 Å². The third kappa shape index (κ3) is 6.51. The van der Waals surface area contributed by atoms with E-state index < -0.39 is 0 Å². The summed E-state index contributed by atoms with van der Waals surface area (Å²) in [6.07, 6.45) is 4.05. The standard InChI is InChI=1S/C20H22N2O3/c1-15-6-8-16(9-7-15)4-3-5-19(23)22-17-10-12-18(13-11-17)25-14-20(24)21-2/h3-4,6-13H,5,14H2,1-2H3,(H,21,24)(H,22,23). The highest BCUT2D eigenvalue weighted by Gasteiger charge is 2.02. The van der Waals surface area contributed by atoms with Gasteiger partial charge in [0.25, 0.3) is 5.91 Å². The molecule has 2 rings (SSSR count). The van der Waals surface area contributed by atoms with Crippen LogP contribution in [0, 0.1) is 6.92 Å². The summed E-state index contributed by atoms with van der Waals surface area (Å²) in [6.45, 7) is 2.00. The van der Waals surface area contributed by atoms with Gasteiger partial charge in [-0.2, -0.15) is 0 Å². The van der Waals surface area contributed by atoms with E-state index in [4.69, 9.17) is 4.74 Å². The molecule has 5 nitrogen and oxygen atoms in total. The molecule has 0 radical (unpaired) electrons. The van der Waals surface area contributed by atoms with Crippen molar-refractivity contribution < 1.29 is 14.3 Å². The van der Waals surface area contributed by atoms with E-state index in [1.807, 2.05) is 43.3 Å². The maximum absolute atomic E-state index is 11.9. The second kappa shape index (κ2) is 9.27. The number of carbonyl (C=O) groups is 2. The molecule has 0 aliphatic rings. The van der Waals surface area contributed by atoms with Gasteiger partial charge in [-0.05, 0) is 36.8 Å². The largest absolute Gasteiger partial charge is 0.484 e. The number of carbonyl (C=O) groups excluding carboxylic acids is 2. The smallest absolute Gasteiger partial charge is 0.257 e. The van der Waals surface area contributed by atoms with Gasteiger partial charge >= 0.3 is 0 Å². The van der Waals surface area contributed by atoms with Crippen molar-refractivity contribution in [2.45, 2.75) is 13.3 Å². The molecule has 0 aromatic heterocycles. The number of hydrogen-bond acceptors (Lipinski definition) is 3. The number of ether oxygens (including phenoxy) is 1. The molecule has 130 valence electrons. The molecule has 0 aliphatic carbocycles. The lowest BCUT2D eigenvalue weighted by Crippen LogP contribution is -2.24. The van der Waals surface area contributed by atoms with E-state index in [9.17, 15) is 9.59 Å². The highest BCUT2D eigenvalue weighted by molar-refractivity contribution is 5.92. The Balaban J connectivity index is 1.79. The first-order chi connectivity index (χ1) is 12.1. The van der Waals surface area contributed by atoms with Crippen LogP contribution in [0.5, 0.6) is 5.75 Å². The van der Waals surface area contributed by atoms with E-state index in [2.05, 4.69) is 10.6 Å². The molecule has 2 aromatic rings. The Labute approximate surface area is 147 Å². The van der Waals surface area contributed by atoms with Crippen LogP contribution in [0.3, 0.4) is 0 Å². The Bertz CT molecular complexity index is 735. The summed E-state index contributed by atoms with van der Waals surface area (Å²) < 4.78 is 5.30. The van der Waals surface area contributed by atoms with Gasteiger partial charge in [0.05, 0.1) is 0 Å². The molecule has 0 saturated carbocycles. The molecular formula is C20H22N2O3. The second-order valence-electron chi connectivity index (χ2n) is 5.55. The second-order valence-corrected chi connectivity index (χ2v) is 5.55. The van der Waals surface area contributed by atoms with Crippen molar-refractivity contribution >= 4 is 23.6 Å². The normalized spacial score (nSPS) is 10.5. The molecule has 0 saturated heterocycles. The first-order valence-electron chi connectivity index (χ1n) is 8.03. The molecule has 2 N–H and O–H groups in total. The van der Waals surface area contributed by atoms with E-state index in [0.29, 0.717) is 17.9 Å². The van der Waals surface area contributed by atoms with Crippen molar-refractivity contribution in [1.82, 2.24) is 5.32 Å². The average molecular weight is 338 g/mol. The molecule has 0 heterocycles. The van der Waals surface area contributed by atoms with Crippen LogP contribution in [0.25, 0.3) is 6.08 Å². The summed E-state index contributed by atoms with van der Waals surface area (Å²) in [7, 11) is 1.55. The van der Waals surface area contributed by atoms with Crippen LogP contribution >= 0.6 is 0 Å². The molecule has 2 amide bonds. The molecule has 0 spiro atoms. The minimum absolute atomic E-state index is 0.0357. The van der Waals surface area contributed by atoms with Gasteiger partial charge in [-0.1, -0.05) is 42.0 Å². The van der Waals surface area contributed by atoms with Gasteiger partial charge in [0, 0.05) is 19.2 Å².